The topological polar surface area (TPSA) is 89.3 Å². The van der Waals surface area contributed by atoms with Crippen LogP contribution in [0.1, 0.15) is 15.9 Å². The van der Waals surface area contributed by atoms with E-state index in [9.17, 15) is 9.18 Å². The van der Waals surface area contributed by atoms with Crippen molar-refractivity contribution in [3.8, 4) is 11.8 Å². The largest absolute Gasteiger partial charge is 0.478 e. The van der Waals surface area contributed by atoms with Crippen LogP contribution in [0.3, 0.4) is 0 Å². The fourth-order valence-electron chi connectivity index (χ4n) is 1.04. The highest BCUT2D eigenvalue weighted by molar-refractivity contribution is 5.95. The summed E-state index contributed by atoms with van der Waals surface area (Å²) in [4.78, 5) is 10.7. The summed E-state index contributed by atoms with van der Waals surface area (Å²) in [5.74, 6) is 3.00. The smallest absolute Gasteiger partial charge is 0.337 e. The number of nitrogens with two attached hydrogens (primary N) is 2. The Hall–Kier alpha value is -2.06. The molecule has 0 aliphatic rings. The maximum Gasteiger partial charge on any atom is 0.337 e. The average molecular weight is 208 g/mol. The molecular formula is C10H9FN2O2. The van der Waals surface area contributed by atoms with E-state index in [-0.39, 0.29) is 23.4 Å². The molecule has 0 saturated carbocycles. The fraction of sp³-hybridized carbons (Fsp3) is 0.100. The van der Waals surface area contributed by atoms with Gasteiger partial charge in [0.15, 0.2) is 0 Å². The third kappa shape index (κ3) is 2.45. The molecule has 0 heterocycles. The van der Waals surface area contributed by atoms with Crippen LogP contribution in [0.25, 0.3) is 0 Å². The van der Waals surface area contributed by atoms with Crippen molar-refractivity contribution in [3.63, 3.8) is 0 Å². The van der Waals surface area contributed by atoms with Crippen molar-refractivity contribution in [3.05, 3.63) is 29.1 Å². The number of hydrogen-bond acceptors (Lipinski definition) is 3. The third-order valence-electron chi connectivity index (χ3n) is 1.70. The summed E-state index contributed by atoms with van der Waals surface area (Å²) in [6, 6.07) is 1.93. The molecule has 0 amide bonds. The van der Waals surface area contributed by atoms with Crippen molar-refractivity contribution in [2.45, 2.75) is 0 Å². The van der Waals surface area contributed by atoms with Crippen molar-refractivity contribution in [2.75, 3.05) is 12.3 Å². The first kappa shape index (κ1) is 11.0. The molecule has 5 heteroatoms. The lowest BCUT2D eigenvalue weighted by Gasteiger charge is -2.03. The molecule has 0 aromatic heterocycles. The van der Waals surface area contributed by atoms with Crippen molar-refractivity contribution in [2.24, 2.45) is 5.73 Å². The van der Waals surface area contributed by atoms with E-state index in [0.717, 1.165) is 12.1 Å². The van der Waals surface area contributed by atoms with Crippen LogP contribution in [0, 0.1) is 17.7 Å². The fourth-order valence-corrected chi connectivity index (χ4v) is 1.04. The van der Waals surface area contributed by atoms with Gasteiger partial charge in [0.25, 0.3) is 0 Å². The number of aromatic carboxylic acids is 1. The highest BCUT2D eigenvalue weighted by atomic mass is 19.1. The van der Waals surface area contributed by atoms with Crippen LogP contribution in [0.5, 0.6) is 0 Å². The Labute approximate surface area is 85.7 Å². The van der Waals surface area contributed by atoms with E-state index in [1.54, 1.807) is 0 Å². The summed E-state index contributed by atoms with van der Waals surface area (Å²) in [6.07, 6.45) is 0. The Balaban J connectivity index is 3.34. The van der Waals surface area contributed by atoms with E-state index >= 15 is 0 Å². The van der Waals surface area contributed by atoms with Crippen molar-refractivity contribution in [1.29, 1.82) is 0 Å². The van der Waals surface area contributed by atoms with E-state index in [4.69, 9.17) is 16.6 Å². The zero-order valence-corrected chi connectivity index (χ0v) is 7.75. The number of nitrogen functional groups attached to an aromatic ring is 1. The maximum absolute atomic E-state index is 13.0. The third-order valence-corrected chi connectivity index (χ3v) is 1.70. The molecular weight excluding hydrogens is 199 g/mol. The SMILES string of the molecule is NCC#Cc1cc(F)cc(C(=O)O)c1N. The Kier molecular flexibility index (Phi) is 3.26. The summed E-state index contributed by atoms with van der Waals surface area (Å²) in [7, 11) is 0. The Morgan fingerprint density at radius 3 is 2.73 bits per heavy atom. The zero-order chi connectivity index (χ0) is 11.4. The maximum atomic E-state index is 13.0. The van der Waals surface area contributed by atoms with Gasteiger partial charge in [-0.25, -0.2) is 9.18 Å². The van der Waals surface area contributed by atoms with Gasteiger partial charge >= 0.3 is 5.97 Å². The summed E-state index contributed by atoms with van der Waals surface area (Å²) in [5, 5.41) is 8.72. The molecule has 0 spiro atoms. The van der Waals surface area contributed by atoms with E-state index in [1.165, 1.54) is 0 Å². The minimum absolute atomic E-state index is 0.0511. The number of hydrogen-bond donors (Lipinski definition) is 3. The van der Waals surface area contributed by atoms with Crippen LogP contribution < -0.4 is 11.5 Å². The molecule has 5 N–H and O–H groups in total. The van der Waals surface area contributed by atoms with Gasteiger partial charge in [0, 0.05) is 0 Å². The number of carboxylic acid groups (broad SMARTS) is 1. The number of halogens is 1. The standard InChI is InChI=1S/C10H9FN2O2/c11-7-4-6(2-1-3-12)9(13)8(5-7)10(14)15/h4-5H,3,12-13H2,(H,14,15). The van der Waals surface area contributed by atoms with Crippen LogP contribution in [-0.2, 0) is 0 Å². The average Bonchev–Trinajstić information content (AvgIpc) is 2.18. The molecule has 1 aromatic rings. The van der Waals surface area contributed by atoms with Gasteiger partial charge in [-0.05, 0) is 12.1 Å². The minimum Gasteiger partial charge on any atom is -0.478 e. The lowest BCUT2D eigenvalue weighted by atomic mass is 10.1. The lowest BCUT2D eigenvalue weighted by molar-refractivity contribution is 0.0697. The molecule has 0 aliphatic heterocycles. The molecule has 1 aromatic carbocycles. The van der Waals surface area contributed by atoms with Gasteiger partial charge in [0.2, 0.25) is 0 Å². The minimum atomic E-state index is -1.29. The van der Waals surface area contributed by atoms with Crippen LogP contribution in [-0.4, -0.2) is 17.6 Å². The molecule has 15 heavy (non-hydrogen) atoms. The molecule has 1 rings (SSSR count). The predicted molar refractivity (Wildman–Crippen MR) is 53.7 cm³/mol. The van der Waals surface area contributed by atoms with Crippen LogP contribution in [0.2, 0.25) is 0 Å². The van der Waals surface area contributed by atoms with Crippen LogP contribution in [0.4, 0.5) is 10.1 Å². The van der Waals surface area contributed by atoms with Gasteiger partial charge in [-0.1, -0.05) is 11.8 Å². The first-order chi connectivity index (χ1) is 7.06. The Bertz CT molecular complexity index is 460. The first-order valence-corrected chi connectivity index (χ1v) is 4.07. The molecule has 0 bridgehead atoms. The molecule has 0 radical (unpaired) electrons. The first-order valence-electron chi connectivity index (χ1n) is 4.07. The van der Waals surface area contributed by atoms with Crippen molar-refractivity contribution < 1.29 is 14.3 Å². The number of carbonyl (C=O) groups is 1. The van der Waals surface area contributed by atoms with Crippen LogP contribution >= 0.6 is 0 Å². The van der Waals surface area contributed by atoms with E-state index in [0.29, 0.717) is 0 Å². The monoisotopic (exact) mass is 208 g/mol. The Morgan fingerprint density at radius 1 is 1.53 bits per heavy atom. The zero-order valence-electron chi connectivity index (χ0n) is 7.75. The van der Waals surface area contributed by atoms with Gasteiger partial charge in [-0.2, -0.15) is 0 Å². The molecule has 0 saturated heterocycles. The summed E-state index contributed by atoms with van der Waals surface area (Å²) >= 11 is 0. The second-order valence-electron chi connectivity index (χ2n) is 2.73. The van der Waals surface area contributed by atoms with E-state index in [2.05, 4.69) is 11.8 Å². The highest BCUT2D eigenvalue weighted by Crippen LogP contribution is 2.18. The van der Waals surface area contributed by atoms with Crippen molar-refractivity contribution >= 4 is 11.7 Å². The lowest BCUT2D eigenvalue weighted by Crippen LogP contribution is -2.05. The second kappa shape index (κ2) is 4.44. The second-order valence-corrected chi connectivity index (χ2v) is 2.73. The highest BCUT2D eigenvalue weighted by Gasteiger charge is 2.12. The number of anilines is 1. The summed E-state index contributed by atoms with van der Waals surface area (Å²) in [6.45, 7) is 0.0956. The molecule has 4 nitrogen and oxygen atoms in total. The summed E-state index contributed by atoms with van der Waals surface area (Å²) in [5.41, 5.74) is 10.4. The molecule has 0 atom stereocenters. The molecule has 78 valence electrons. The van der Waals surface area contributed by atoms with E-state index in [1.807, 2.05) is 0 Å². The predicted octanol–water partition coefficient (Wildman–Crippen LogP) is 0.416. The quantitative estimate of drug-likeness (QED) is 0.460. The van der Waals surface area contributed by atoms with Crippen LogP contribution in [0.15, 0.2) is 12.1 Å². The number of benzene rings is 1. The van der Waals surface area contributed by atoms with Gasteiger partial charge in [-0.15, -0.1) is 0 Å². The number of carboxylic acids is 1. The van der Waals surface area contributed by atoms with Gasteiger partial charge in [-0.3, -0.25) is 0 Å². The van der Waals surface area contributed by atoms with Gasteiger partial charge in [0.1, 0.15) is 5.82 Å². The molecule has 0 aliphatic carbocycles. The van der Waals surface area contributed by atoms with Gasteiger partial charge < -0.3 is 16.6 Å². The van der Waals surface area contributed by atoms with Gasteiger partial charge in [0.05, 0.1) is 23.4 Å². The van der Waals surface area contributed by atoms with E-state index < -0.39 is 11.8 Å². The normalized spacial score (nSPS) is 9.20. The number of rotatable bonds is 1. The van der Waals surface area contributed by atoms with Crippen molar-refractivity contribution in [1.82, 2.24) is 0 Å². The molecule has 0 fully saturated rings. The molecule has 0 unspecified atom stereocenters. The summed E-state index contributed by atoms with van der Waals surface area (Å²) < 4.78 is 13.0. The Morgan fingerprint density at radius 2 is 2.20 bits per heavy atom.